The quantitative estimate of drug-likeness (QED) is 0.751. The van der Waals surface area contributed by atoms with Crippen molar-refractivity contribution in [1.82, 2.24) is 4.90 Å². The van der Waals surface area contributed by atoms with Crippen LogP contribution in [0.4, 0.5) is 0 Å². The van der Waals surface area contributed by atoms with Gasteiger partial charge in [-0.25, -0.2) is 0 Å². The van der Waals surface area contributed by atoms with Crippen molar-refractivity contribution in [2.24, 2.45) is 0 Å². The average Bonchev–Trinajstić information content (AvgIpc) is 2.30. The first-order chi connectivity index (χ1) is 8.00. The van der Waals surface area contributed by atoms with Crippen molar-refractivity contribution in [2.75, 3.05) is 20.2 Å². The number of ether oxygens (including phenoxy) is 1. The predicted octanol–water partition coefficient (Wildman–Crippen LogP) is 3.07. The van der Waals surface area contributed by atoms with Crippen LogP contribution in [-0.4, -0.2) is 35.8 Å². The summed E-state index contributed by atoms with van der Waals surface area (Å²) in [4.78, 5) is 13.0. The molecule has 94 valence electrons. The first-order valence-corrected chi connectivity index (χ1v) is 6.99. The molecule has 1 amide bonds. The normalized spacial score (nSPS) is 12.0. The summed E-state index contributed by atoms with van der Waals surface area (Å²) in [5, 5.41) is 0. The summed E-state index contributed by atoms with van der Waals surface area (Å²) in [5.74, 6) is 0.866. The molecule has 0 heterocycles. The van der Waals surface area contributed by atoms with Gasteiger partial charge >= 0.3 is 0 Å². The monoisotopic (exact) mass is 363 g/mol. The topological polar surface area (TPSA) is 29.5 Å². The summed E-state index contributed by atoms with van der Waals surface area (Å²) in [7, 11) is 1.77. The van der Waals surface area contributed by atoms with Gasteiger partial charge in [-0.3, -0.25) is 4.79 Å². The molecule has 1 aromatic carbocycles. The molecule has 17 heavy (non-hydrogen) atoms. The van der Waals surface area contributed by atoms with Gasteiger partial charge in [0.1, 0.15) is 12.4 Å². The maximum absolute atomic E-state index is 11.5. The standard InChI is InChI=1S/C12H15Br2NO2/c1-9(13)12(16)15(2)7-8-17-11-5-3-10(14)4-6-11/h3-6,9H,7-8H2,1-2H3. The predicted molar refractivity (Wildman–Crippen MR) is 75.7 cm³/mol. The second-order valence-corrected chi connectivity index (χ2v) is 5.97. The zero-order valence-corrected chi connectivity index (χ0v) is 13.0. The molecule has 3 nitrogen and oxygen atoms in total. The molecule has 1 rings (SSSR count). The molecule has 0 aliphatic rings. The van der Waals surface area contributed by atoms with Crippen molar-refractivity contribution in [3.05, 3.63) is 28.7 Å². The van der Waals surface area contributed by atoms with Crippen molar-refractivity contribution in [2.45, 2.75) is 11.8 Å². The molecule has 5 heteroatoms. The van der Waals surface area contributed by atoms with E-state index in [9.17, 15) is 4.79 Å². The van der Waals surface area contributed by atoms with Crippen LogP contribution in [-0.2, 0) is 4.79 Å². The number of hydrogen-bond acceptors (Lipinski definition) is 2. The lowest BCUT2D eigenvalue weighted by molar-refractivity contribution is -0.129. The van der Waals surface area contributed by atoms with E-state index in [1.165, 1.54) is 0 Å². The fourth-order valence-corrected chi connectivity index (χ4v) is 1.86. The number of nitrogens with zero attached hydrogens (tertiary/aromatic N) is 1. The third-order valence-corrected chi connectivity index (χ3v) is 3.15. The van der Waals surface area contributed by atoms with E-state index in [0.717, 1.165) is 10.2 Å². The maximum Gasteiger partial charge on any atom is 0.235 e. The molecule has 0 radical (unpaired) electrons. The van der Waals surface area contributed by atoms with Crippen molar-refractivity contribution in [1.29, 1.82) is 0 Å². The van der Waals surface area contributed by atoms with Gasteiger partial charge in [0.2, 0.25) is 5.91 Å². The molecule has 0 aliphatic heterocycles. The first-order valence-electron chi connectivity index (χ1n) is 5.28. The Bertz CT molecular complexity index is 365. The van der Waals surface area contributed by atoms with Crippen LogP contribution in [0.2, 0.25) is 0 Å². The van der Waals surface area contributed by atoms with Gasteiger partial charge in [-0.1, -0.05) is 31.9 Å². The summed E-state index contributed by atoms with van der Waals surface area (Å²) in [5.41, 5.74) is 0. The van der Waals surface area contributed by atoms with Gasteiger partial charge in [-0.05, 0) is 31.2 Å². The molecule has 0 aromatic heterocycles. The Kier molecular flexibility index (Phi) is 5.98. The van der Waals surface area contributed by atoms with Gasteiger partial charge in [0.15, 0.2) is 0 Å². The Morgan fingerprint density at radius 3 is 2.53 bits per heavy atom. The van der Waals surface area contributed by atoms with Crippen molar-refractivity contribution < 1.29 is 9.53 Å². The van der Waals surface area contributed by atoms with E-state index < -0.39 is 0 Å². The van der Waals surface area contributed by atoms with Crippen LogP contribution in [0.5, 0.6) is 5.75 Å². The van der Waals surface area contributed by atoms with Crippen LogP contribution in [0.15, 0.2) is 28.7 Å². The number of rotatable bonds is 5. The number of likely N-dealkylation sites (N-methyl/N-ethyl adjacent to an activating group) is 1. The number of alkyl halides is 1. The third kappa shape index (κ3) is 5.08. The fourth-order valence-electron chi connectivity index (χ4n) is 1.25. The third-order valence-electron chi connectivity index (χ3n) is 2.23. The minimum Gasteiger partial charge on any atom is -0.492 e. The summed E-state index contributed by atoms with van der Waals surface area (Å²) in [6.07, 6.45) is 0. The second kappa shape index (κ2) is 7.01. The van der Waals surface area contributed by atoms with Crippen LogP contribution in [0, 0.1) is 0 Å². The molecule has 0 N–H and O–H groups in total. The smallest absolute Gasteiger partial charge is 0.235 e. The van der Waals surface area contributed by atoms with E-state index in [0.29, 0.717) is 13.2 Å². The maximum atomic E-state index is 11.5. The highest BCUT2D eigenvalue weighted by atomic mass is 79.9. The van der Waals surface area contributed by atoms with Crippen LogP contribution in [0.3, 0.4) is 0 Å². The fraction of sp³-hybridized carbons (Fsp3) is 0.417. The molecule has 0 fully saturated rings. The van der Waals surface area contributed by atoms with Crippen LogP contribution < -0.4 is 4.74 Å². The highest BCUT2D eigenvalue weighted by Crippen LogP contribution is 2.15. The van der Waals surface area contributed by atoms with E-state index in [2.05, 4.69) is 31.9 Å². The molecule has 0 aliphatic carbocycles. The Hall–Kier alpha value is -0.550. The summed E-state index contributed by atoms with van der Waals surface area (Å²) < 4.78 is 6.55. The summed E-state index contributed by atoms with van der Waals surface area (Å²) in [6.45, 7) is 2.88. The molecule has 1 aromatic rings. The number of amides is 1. The Morgan fingerprint density at radius 2 is 2.00 bits per heavy atom. The Labute approximate surface area is 118 Å². The molecule has 1 atom stereocenters. The Morgan fingerprint density at radius 1 is 1.41 bits per heavy atom. The van der Waals surface area contributed by atoms with Crippen molar-refractivity contribution >= 4 is 37.8 Å². The van der Waals surface area contributed by atoms with E-state index >= 15 is 0 Å². The van der Waals surface area contributed by atoms with E-state index in [1.54, 1.807) is 11.9 Å². The van der Waals surface area contributed by atoms with Gasteiger partial charge in [-0.15, -0.1) is 0 Å². The van der Waals surface area contributed by atoms with Crippen LogP contribution in [0.1, 0.15) is 6.92 Å². The lowest BCUT2D eigenvalue weighted by Crippen LogP contribution is -2.35. The van der Waals surface area contributed by atoms with Gasteiger partial charge in [0, 0.05) is 11.5 Å². The number of carbonyl (C=O) groups excluding carboxylic acids is 1. The zero-order chi connectivity index (χ0) is 12.8. The molecule has 0 saturated heterocycles. The van der Waals surface area contributed by atoms with Crippen LogP contribution >= 0.6 is 31.9 Å². The van der Waals surface area contributed by atoms with E-state index in [-0.39, 0.29) is 10.7 Å². The molecule has 0 bridgehead atoms. The van der Waals surface area contributed by atoms with E-state index in [1.807, 2.05) is 31.2 Å². The van der Waals surface area contributed by atoms with Gasteiger partial charge < -0.3 is 9.64 Å². The lowest BCUT2D eigenvalue weighted by Gasteiger charge is -2.18. The summed E-state index contributed by atoms with van der Waals surface area (Å²) >= 11 is 6.61. The van der Waals surface area contributed by atoms with Gasteiger partial charge in [0.05, 0.1) is 11.4 Å². The van der Waals surface area contributed by atoms with Crippen molar-refractivity contribution in [3.63, 3.8) is 0 Å². The molecular weight excluding hydrogens is 350 g/mol. The highest BCUT2D eigenvalue weighted by Gasteiger charge is 2.13. The van der Waals surface area contributed by atoms with Gasteiger partial charge in [0.25, 0.3) is 0 Å². The minimum absolute atomic E-state index is 0.0596. The molecular formula is C12H15Br2NO2. The summed E-state index contributed by atoms with van der Waals surface area (Å²) in [6, 6.07) is 7.62. The molecule has 0 spiro atoms. The second-order valence-electron chi connectivity index (χ2n) is 3.68. The van der Waals surface area contributed by atoms with E-state index in [4.69, 9.17) is 4.74 Å². The minimum atomic E-state index is -0.153. The lowest BCUT2D eigenvalue weighted by atomic mass is 10.3. The number of halogens is 2. The zero-order valence-electron chi connectivity index (χ0n) is 9.82. The number of hydrogen-bond donors (Lipinski definition) is 0. The first kappa shape index (κ1) is 14.5. The largest absolute Gasteiger partial charge is 0.492 e. The van der Waals surface area contributed by atoms with Crippen LogP contribution in [0.25, 0.3) is 0 Å². The highest BCUT2D eigenvalue weighted by molar-refractivity contribution is 9.10. The number of carbonyl (C=O) groups is 1. The molecule has 0 saturated carbocycles. The number of benzene rings is 1. The van der Waals surface area contributed by atoms with Gasteiger partial charge in [-0.2, -0.15) is 0 Å². The van der Waals surface area contributed by atoms with Crippen molar-refractivity contribution in [3.8, 4) is 5.75 Å². The Balaban J connectivity index is 2.33. The SMILES string of the molecule is CC(Br)C(=O)N(C)CCOc1ccc(Br)cc1. The average molecular weight is 365 g/mol. The molecule has 1 unspecified atom stereocenters.